The standard InChI is InChI=1S/C24H30N2O3/c1-3-28-21-13-9-19(10-14-21)23(27)18-26(24-8-6-5-7-17-25-24)20-11-15-22(16-12-20)29-4-2/h9-16H,3-8,17-18H2,1-2H3. The van der Waals surface area contributed by atoms with E-state index in [4.69, 9.17) is 14.5 Å². The van der Waals surface area contributed by atoms with Crippen LogP contribution in [0.25, 0.3) is 0 Å². The molecule has 1 heterocycles. The molecule has 2 aromatic carbocycles. The van der Waals surface area contributed by atoms with Crippen LogP contribution in [0.1, 0.15) is 49.9 Å². The highest BCUT2D eigenvalue weighted by molar-refractivity contribution is 6.07. The number of hydrogen-bond acceptors (Lipinski definition) is 5. The third kappa shape index (κ3) is 5.83. The Kier molecular flexibility index (Phi) is 7.68. The van der Waals surface area contributed by atoms with Gasteiger partial charge in [0.25, 0.3) is 0 Å². The smallest absolute Gasteiger partial charge is 0.182 e. The molecule has 0 aromatic heterocycles. The summed E-state index contributed by atoms with van der Waals surface area (Å²) < 4.78 is 11.0. The predicted molar refractivity (Wildman–Crippen MR) is 118 cm³/mol. The molecule has 0 N–H and O–H groups in total. The number of rotatable bonds is 8. The van der Waals surface area contributed by atoms with Crippen LogP contribution in [0, 0.1) is 0 Å². The molecule has 0 unspecified atom stereocenters. The molecule has 5 heteroatoms. The van der Waals surface area contributed by atoms with Crippen molar-refractivity contribution < 1.29 is 14.3 Å². The van der Waals surface area contributed by atoms with Crippen LogP contribution in [-0.4, -0.2) is 37.9 Å². The van der Waals surface area contributed by atoms with Gasteiger partial charge in [-0.05, 0) is 75.2 Å². The van der Waals surface area contributed by atoms with Crippen molar-refractivity contribution in [1.29, 1.82) is 0 Å². The minimum Gasteiger partial charge on any atom is -0.494 e. The van der Waals surface area contributed by atoms with Gasteiger partial charge in [-0.3, -0.25) is 9.79 Å². The third-order valence-corrected chi connectivity index (χ3v) is 4.91. The summed E-state index contributed by atoms with van der Waals surface area (Å²) in [5.41, 5.74) is 1.65. The van der Waals surface area contributed by atoms with Crippen molar-refractivity contribution in [2.75, 3.05) is 31.2 Å². The Hall–Kier alpha value is -2.82. The fraction of sp³-hybridized carbons (Fsp3) is 0.417. The van der Waals surface area contributed by atoms with Crippen molar-refractivity contribution in [3.05, 3.63) is 54.1 Å². The summed E-state index contributed by atoms with van der Waals surface area (Å²) in [6.07, 6.45) is 4.28. The van der Waals surface area contributed by atoms with Crippen molar-refractivity contribution in [3.8, 4) is 11.5 Å². The first-order chi connectivity index (χ1) is 14.2. The molecule has 0 spiro atoms. The lowest BCUT2D eigenvalue weighted by Crippen LogP contribution is -2.36. The molecule has 0 saturated heterocycles. The molecule has 1 aliphatic heterocycles. The first-order valence-electron chi connectivity index (χ1n) is 10.5. The summed E-state index contributed by atoms with van der Waals surface area (Å²) in [6, 6.07) is 15.3. The maximum absolute atomic E-state index is 13.0. The molecular weight excluding hydrogens is 364 g/mol. The summed E-state index contributed by atoms with van der Waals surface area (Å²) in [4.78, 5) is 19.9. The number of carbonyl (C=O) groups is 1. The summed E-state index contributed by atoms with van der Waals surface area (Å²) in [7, 11) is 0. The van der Waals surface area contributed by atoms with E-state index in [0.29, 0.717) is 18.8 Å². The Morgan fingerprint density at radius 1 is 0.897 bits per heavy atom. The quantitative estimate of drug-likeness (QED) is 0.581. The van der Waals surface area contributed by atoms with Gasteiger partial charge < -0.3 is 14.4 Å². The van der Waals surface area contributed by atoms with Crippen molar-refractivity contribution in [3.63, 3.8) is 0 Å². The van der Waals surface area contributed by atoms with Crippen LogP contribution in [0.3, 0.4) is 0 Å². The van der Waals surface area contributed by atoms with Gasteiger partial charge in [-0.15, -0.1) is 0 Å². The molecule has 2 aromatic rings. The lowest BCUT2D eigenvalue weighted by Gasteiger charge is -2.26. The molecule has 0 aliphatic carbocycles. The maximum atomic E-state index is 13.0. The zero-order valence-electron chi connectivity index (χ0n) is 17.4. The molecule has 1 aliphatic rings. The van der Waals surface area contributed by atoms with Gasteiger partial charge in [0.1, 0.15) is 17.3 Å². The third-order valence-electron chi connectivity index (χ3n) is 4.91. The zero-order valence-corrected chi connectivity index (χ0v) is 17.4. The topological polar surface area (TPSA) is 51.1 Å². The second kappa shape index (κ2) is 10.6. The summed E-state index contributed by atoms with van der Waals surface area (Å²) in [6.45, 7) is 6.24. The van der Waals surface area contributed by atoms with Crippen molar-refractivity contribution >= 4 is 17.3 Å². The fourth-order valence-corrected chi connectivity index (χ4v) is 3.44. The SMILES string of the molecule is CCOc1ccc(C(=O)CN(C2=NCCCCC2)c2ccc(OCC)cc2)cc1. The maximum Gasteiger partial charge on any atom is 0.182 e. The van der Waals surface area contributed by atoms with E-state index in [2.05, 4.69) is 4.90 Å². The summed E-state index contributed by atoms with van der Waals surface area (Å²) in [5, 5.41) is 0. The largest absolute Gasteiger partial charge is 0.494 e. The lowest BCUT2D eigenvalue weighted by atomic mass is 10.1. The molecule has 0 radical (unpaired) electrons. The van der Waals surface area contributed by atoms with E-state index in [0.717, 1.165) is 48.8 Å². The van der Waals surface area contributed by atoms with Crippen molar-refractivity contribution in [1.82, 2.24) is 0 Å². The second-order valence-corrected chi connectivity index (χ2v) is 7.00. The van der Waals surface area contributed by atoms with E-state index in [-0.39, 0.29) is 12.3 Å². The lowest BCUT2D eigenvalue weighted by molar-refractivity contribution is 0.100. The van der Waals surface area contributed by atoms with Gasteiger partial charge in [-0.2, -0.15) is 0 Å². The van der Waals surface area contributed by atoms with Crippen LogP contribution in [0.4, 0.5) is 5.69 Å². The first-order valence-corrected chi connectivity index (χ1v) is 10.5. The average Bonchev–Trinajstić information content (AvgIpc) is 3.03. The van der Waals surface area contributed by atoms with E-state index in [1.165, 1.54) is 6.42 Å². The number of benzene rings is 2. The number of Topliss-reactive ketones (excluding diaryl/α,β-unsaturated/α-hetero) is 1. The number of ether oxygens (including phenoxy) is 2. The molecular formula is C24H30N2O3. The van der Waals surface area contributed by atoms with Crippen LogP contribution in [-0.2, 0) is 0 Å². The number of nitrogens with zero attached hydrogens (tertiary/aromatic N) is 2. The number of amidine groups is 1. The minimum absolute atomic E-state index is 0.0638. The molecule has 0 bridgehead atoms. The van der Waals surface area contributed by atoms with Gasteiger partial charge in [-0.1, -0.05) is 6.42 Å². The summed E-state index contributed by atoms with van der Waals surface area (Å²) in [5.74, 6) is 2.66. The second-order valence-electron chi connectivity index (χ2n) is 7.00. The molecule has 154 valence electrons. The van der Waals surface area contributed by atoms with Gasteiger partial charge in [0, 0.05) is 24.2 Å². The van der Waals surface area contributed by atoms with Crippen LogP contribution >= 0.6 is 0 Å². The molecule has 0 fully saturated rings. The van der Waals surface area contributed by atoms with Crippen LogP contribution in [0.2, 0.25) is 0 Å². The molecule has 0 saturated carbocycles. The van der Waals surface area contributed by atoms with Gasteiger partial charge in [0.15, 0.2) is 5.78 Å². The Morgan fingerprint density at radius 2 is 1.52 bits per heavy atom. The van der Waals surface area contributed by atoms with E-state index < -0.39 is 0 Å². The van der Waals surface area contributed by atoms with Crippen LogP contribution < -0.4 is 14.4 Å². The Bertz CT molecular complexity index is 813. The number of carbonyl (C=O) groups excluding carboxylic acids is 1. The number of aliphatic imine (C=N–C) groups is 1. The Morgan fingerprint density at radius 3 is 2.14 bits per heavy atom. The predicted octanol–water partition coefficient (Wildman–Crippen LogP) is 5.15. The van der Waals surface area contributed by atoms with Gasteiger partial charge in [-0.25, -0.2) is 0 Å². The number of anilines is 1. The average molecular weight is 395 g/mol. The highest BCUT2D eigenvalue weighted by Gasteiger charge is 2.19. The van der Waals surface area contributed by atoms with Gasteiger partial charge in [0.2, 0.25) is 0 Å². The number of ketones is 1. The molecule has 5 nitrogen and oxygen atoms in total. The minimum atomic E-state index is 0.0638. The molecule has 0 atom stereocenters. The van der Waals surface area contributed by atoms with Crippen molar-refractivity contribution in [2.45, 2.75) is 39.5 Å². The van der Waals surface area contributed by atoms with E-state index >= 15 is 0 Å². The molecule has 3 rings (SSSR count). The highest BCUT2D eigenvalue weighted by Crippen LogP contribution is 2.23. The van der Waals surface area contributed by atoms with Crippen LogP contribution in [0.5, 0.6) is 11.5 Å². The highest BCUT2D eigenvalue weighted by atomic mass is 16.5. The fourth-order valence-electron chi connectivity index (χ4n) is 3.44. The van der Waals surface area contributed by atoms with E-state index in [9.17, 15) is 4.79 Å². The van der Waals surface area contributed by atoms with E-state index in [1.807, 2.05) is 62.4 Å². The zero-order chi connectivity index (χ0) is 20.5. The van der Waals surface area contributed by atoms with E-state index in [1.54, 1.807) is 0 Å². The number of hydrogen-bond donors (Lipinski definition) is 0. The monoisotopic (exact) mass is 394 g/mol. The molecule has 29 heavy (non-hydrogen) atoms. The Labute approximate surface area is 173 Å². The normalized spacial score (nSPS) is 13.9. The van der Waals surface area contributed by atoms with Crippen LogP contribution in [0.15, 0.2) is 53.5 Å². The van der Waals surface area contributed by atoms with Gasteiger partial charge in [0.05, 0.1) is 19.8 Å². The van der Waals surface area contributed by atoms with Gasteiger partial charge >= 0.3 is 0 Å². The first kappa shape index (κ1) is 20.9. The Balaban J connectivity index is 1.82. The molecule has 0 amide bonds. The van der Waals surface area contributed by atoms with Crippen molar-refractivity contribution in [2.24, 2.45) is 4.99 Å². The summed E-state index contributed by atoms with van der Waals surface area (Å²) >= 11 is 0.